The van der Waals surface area contributed by atoms with Crippen molar-refractivity contribution < 1.29 is 10.2 Å². The second-order valence-electron chi connectivity index (χ2n) is 9.19. The Bertz CT molecular complexity index is 422. The zero-order valence-electron chi connectivity index (χ0n) is 13.7. The smallest absolute Gasteiger partial charge is 0.0597 e. The molecule has 0 amide bonds. The highest BCUT2D eigenvalue weighted by Gasteiger charge is 2.62. The van der Waals surface area contributed by atoms with Gasteiger partial charge in [-0.1, -0.05) is 26.7 Å². The Morgan fingerprint density at radius 3 is 2.48 bits per heavy atom. The van der Waals surface area contributed by atoms with Gasteiger partial charge < -0.3 is 10.2 Å². The van der Waals surface area contributed by atoms with Crippen LogP contribution >= 0.6 is 0 Å². The van der Waals surface area contributed by atoms with E-state index in [9.17, 15) is 10.2 Å². The van der Waals surface area contributed by atoms with Gasteiger partial charge in [-0.05, 0) is 79.4 Å². The lowest BCUT2D eigenvalue weighted by Crippen LogP contribution is -2.58. The molecule has 21 heavy (non-hydrogen) atoms. The highest BCUT2D eigenvalue weighted by molar-refractivity contribution is 5.11. The first-order valence-corrected chi connectivity index (χ1v) is 9.33. The van der Waals surface area contributed by atoms with Crippen molar-refractivity contribution in [2.45, 2.75) is 83.8 Å². The van der Waals surface area contributed by atoms with Crippen molar-refractivity contribution in [2.75, 3.05) is 0 Å². The summed E-state index contributed by atoms with van der Waals surface area (Å²) in [6.45, 7) is 4.75. The minimum absolute atomic E-state index is 0.0154. The van der Waals surface area contributed by atoms with E-state index in [0.29, 0.717) is 23.2 Å². The maximum Gasteiger partial charge on any atom is 0.0597 e. The summed E-state index contributed by atoms with van der Waals surface area (Å²) in [5.41, 5.74) is 0.355. The topological polar surface area (TPSA) is 40.5 Å². The lowest BCUT2D eigenvalue weighted by molar-refractivity contribution is -0.175. The highest BCUT2D eigenvalue weighted by Crippen LogP contribution is 2.66. The molecule has 4 fully saturated rings. The average molecular weight is 292 g/mol. The number of aliphatic hydroxyl groups is 2. The summed E-state index contributed by atoms with van der Waals surface area (Å²) < 4.78 is 0. The van der Waals surface area contributed by atoms with Crippen LogP contribution in [0.15, 0.2) is 0 Å². The fourth-order valence-electron chi connectivity index (χ4n) is 7.39. The van der Waals surface area contributed by atoms with E-state index in [1.54, 1.807) is 0 Å². The van der Waals surface area contributed by atoms with Crippen LogP contribution in [0.25, 0.3) is 0 Å². The molecule has 0 spiro atoms. The Morgan fingerprint density at radius 1 is 0.857 bits per heavy atom. The summed E-state index contributed by atoms with van der Waals surface area (Å²) in [7, 11) is 0. The molecule has 2 heteroatoms. The number of aliphatic hydroxyl groups excluding tert-OH is 2. The molecule has 0 heterocycles. The van der Waals surface area contributed by atoms with Crippen molar-refractivity contribution in [1.82, 2.24) is 0 Å². The predicted octanol–water partition coefficient (Wildman–Crippen LogP) is 3.75. The molecule has 0 unspecified atom stereocenters. The van der Waals surface area contributed by atoms with Gasteiger partial charge in [-0.2, -0.15) is 0 Å². The zero-order chi connectivity index (χ0) is 14.8. The average Bonchev–Trinajstić information content (AvgIpc) is 2.73. The SMILES string of the molecule is C[C@]12CCCC[C@@H]1CC[C@H]1[C@H]2[C@H](O)C[C@]2(C)[C@H](O)CC[C@@H]12. The fourth-order valence-corrected chi connectivity index (χ4v) is 7.39. The van der Waals surface area contributed by atoms with Gasteiger partial charge in [-0.3, -0.25) is 0 Å². The Labute approximate surface area is 129 Å². The summed E-state index contributed by atoms with van der Waals surface area (Å²) in [5, 5.41) is 21.5. The monoisotopic (exact) mass is 292 g/mol. The second kappa shape index (κ2) is 4.71. The first-order valence-electron chi connectivity index (χ1n) is 9.33. The van der Waals surface area contributed by atoms with E-state index in [2.05, 4.69) is 13.8 Å². The molecule has 0 bridgehead atoms. The molecule has 4 aliphatic rings. The molecule has 4 aliphatic carbocycles. The highest BCUT2D eigenvalue weighted by atomic mass is 16.3. The summed E-state index contributed by atoms with van der Waals surface area (Å²) in [6, 6.07) is 0. The molecule has 0 saturated heterocycles. The zero-order valence-corrected chi connectivity index (χ0v) is 13.7. The van der Waals surface area contributed by atoms with Crippen LogP contribution in [-0.4, -0.2) is 22.4 Å². The van der Waals surface area contributed by atoms with Crippen molar-refractivity contribution in [1.29, 1.82) is 0 Å². The molecule has 2 nitrogen and oxygen atoms in total. The largest absolute Gasteiger partial charge is 0.393 e. The van der Waals surface area contributed by atoms with Gasteiger partial charge in [0.1, 0.15) is 0 Å². The van der Waals surface area contributed by atoms with Gasteiger partial charge in [0.15, 0.2) is 0 Å². The molecular weight excluding hydrogens is 260 g/mol. The summed E-state index contributed by atoms with van der Waals surface area (Å²) in [6.07, 6.45) is 10.7. The molecule has 0 radical (unpaired) electrons. The van der Waals surface area contributed by atoms with Gasteiger partial charge in [0.25, 0.3) is 0 Å². The van der Waals surface area contributed by atoms with Crippen LogP contribution in [0.5, 0.6) is 0 Å². The normalized spacial score (nSPS) is 60.0. The van der Waals surface area contributed by atoms with Crippen LogP contribution < -0.4 is 0 Å². The van der Waals surface area contributed by atoms with E-state index >= 15 is 0 Å². The van der Waals surface area contributed by atoms with E-state index in [-0.39, 0.29) is 17.6 Å². The van der Waals surface area contributed by atoms with E-state index < -0.39 is 0 Å². The van der Waals surface area contributed by atoms with Crippen LogP contribution in [-0.2, 0) is 0 Å². The third kappa shape index (κ3) is 1.84. The van der Waals surface area contributed by atoms with Crippen LogP contribution in [0.4, 0.5) is 0 Å². The number of fused-ring (bicyclic) bond motifs is 5. The molecular formula is C19H32O2. The quantitative estimate of drug-likeness (QED) is 0.714. The third-order valence-corrected chi connectivity index (χ3v) is 8.46. The molecule has 120 valence electrons. The van der Waals surface area contributed by atoms with Crippen molar-refractivity contribution in [3.05, 3.63) is 0 Å². The summed E-state index contributed by atoms with van der Waals surface area (Å²) in [4.78, 5) is 0. The lowest BCUT2D eigenvalue weighted by Gasteiger charge is -2.61. The molecule has 0 aromatic rings. The van der Waals surface area contributed by atoms with Crippen LogP contribution in [0, 0.1) is 34.5 Å². The van der Waals surface area contributed by atoms with Gasteiger partial charge in [-0.25, -0.2) is 0 Å². The number of hydrogen-bond acceptors (Lipinski definition) is 2. The van der Waals surface area contributed by atoms with Crippen molar-refractivity contribution in [2.24, 2.45) is 34.5 Å². The van der Waals surface area contributed by atoms with Crippen LogP contribution in [0.2, 0.25) is 0 Å². The predicted molar refractivity (Wildman–Crippen MR) is 83.7 cm³/mol. The Kier molecular flexibility index (Phi) is 3.25. The van der Waals surface area contributed by atoms with Crippen LogP contribution in [0.3, 0.4) is 0 Å². The maximum absolute atomic E-state index is 11.0. The van der Waals surface area contributed by atoms with Crippen molar-refractivity contribution in [3.63, 3.8) is 0 Å². The van der Waals surface area contributed by atoms with Crippen LogP contribution in [0.1, 0.15) is 71.6 Å². The molecule has 0 aromatic heterocycles. The van der Waals surface area contributed by atoms with E-state index in [0.717, 1.165) is 18.8 Å². The molecule has 4 saturated carbocycles. The van der Waals surface area contributed by atoms with E-state index in [1.165, 1.54) is 44.9 Å². The van der Waals surface area contributed by atoms with Gasteiger partial charge in [0.2, 0.25) is 0 Å². The third-order valence-electron chi connectivity index (χ3n) is 8.46. The second-order valence-corrected chi connectivity index (χ2v) is 9.19. The first kappa shape index (κ1) is 14.5. The van der Waals surface area contributed by atoms with Gasteiger partial charge >= 0.3 is 0 Å². The Morgan fingerprint density at radius 2 is 1.67 bits per heavy atom. The number of hydrogen-bond donors (Lipinski definition) is 2. The van der Waals surface area contributed by atoms with Crippen molar-refractivity contribution in [3.8, 4) is 0 Å². The Balaban J connectivity index is 1.70. The minimum atomic E-state index is -0.185. The molecule has 0 aliphatic heterocycles. The van der Waals surface area contributed by atoms with E-state index in [1.807, 2.05) is 0 Å². The van der Waals surface area contributed by atoms with Gasteiger partial charge in [0, 0.05) is 0 Å². The standard InChI is InChI=1S/C19H32O2/c1-18-10-4-3-5-12(18)6-7-13-14-8-9-16(21)19(14,2)11-15(20)17(13)18/h12-17,20-21H,3-11H2,1-2H3/t12-,13-,14+,15-,16-,17+,18+,19+/m1/s1. The molecule has 0 aromatic carbocycles. The lowest BCUT2D eigenvalue weighted by atomic mass is 9.44. The minimum Gasteiger partial charge on any atom is -0.393 e. The van der Waals surface area contributed by atoms with Crippen molar-refractivity contribution >= 4 is 0 Å². The fraction of sp³-hybridized carbons (Fsp3) is 1.00. The molecule has 8 atom stereocenters. The summed E-state index contributed by atoms with van der Waals surface area (Å²) in [5.74, 6) is 2.66. The maximum atomic E-state index is 11.0. The van der Waals surface area contributed by atoms with Gasteiger partial charge in [-0.15, -0.1) is 0 Å². The Hall–Kier alpha value is -0.0800. The number of rotatable bonds is 0. The molecule has 4 rings (SSSR count). The molecule has 2 N–H and O–H groups in total. The van der Waals surface area contributed by atoms with Gasteiger partial charge in [0.05, 0.1) is 12.2 Å². The van der Waals surface area contributed by atoms with E-state index in [4.69, 9.17) is 0 Å². The first-order chi connectivity index (χ1) is 9.97. The summed E-state index contributed by atoms with van der Waals surface area (Å²) >= 11 is 0.